The molecule has 0 aliphatic heterocycles. The quantitative estimate of drug-likeness (QED) is 0.777. The van der Waals surface area contributed by atoms with Crippen LogP contribution in [0.5, 0.6) is 0 Å². The minimum atomic E-state index is 0.0362. The van der Waals surface area contributed by atoms with E-state index in [0.717, 1.165) is 33.5 Å². The molecule has 6 heteroatoms. The van der Waals surface area contributed by atoms with Gasteiger partial charge in [-0.15, -0.1) is 0 Å². The Kier molecular flexibility index (Phi) is 4.61. The number of fused-ring (bicyclic) bond motifs is 1. The van der Waals surface area contributed by atoms with Gasteiger partial charge in [0.1, 0.15) is 0 Å². The largest absolute Gasteiger partial charge is 0.350 e. The summed E-state index contributed by atoms with van der Waals surface area (Å²) >= 11 is 0. The van der Waals surface area contributed by atoms with E-state index in [1.54, 1.807) is 0 Å². The van der Waals surface area contributed by atoms with Crippen LogP contribution in [0.4, 0.5) is 0 Å². The second-order valence-electron chi connectivity index (χ2n) is 6.64. The summed E-state index contributed by atoms with van der Waals surface area (Å²) in [6.45, 7) is 6.54. The van der Waals surface area contributed by atoms with Crippen LogP contribution in [-0.2, 0) is 31.9 Å². The van der Waals surface area contributed by atoms with Gasteiger partial charge in [0.05, 0.1) is 23.4 Å². The number of amides is 1. The normalized spacial score (nSPS) is 11.2. The molecule has 3 rings (SSSR count). The van der Waals surface area contributed by atoms with Crippen LogP contribution < -0.4 is 5.32 Å². The van der Waals surface area contributed by atoms with Gasteiger partial charge in [0.15, 0.2) is 0 Å². The minimum absolute atomic E-state index is 0.0362. The van der Waals surface area contributed by atoms with E-state index in [1.807, 2.05) is 37.3 Å². The molecule has 1 N–H and O–H groups in total. The zero-order chi connectivity index (χ0) is 18.1. The lowest BCUT2D eigenvalue weighted by atomic mass is 10.1. The number of benzene rings is 1. The first kappa shape index (κ1) is 17.2. The lowest BCUT2D eigenvalue weighted by Crippen LogP contribution is -2.23. The summed E-state index contributed by atoms with van der Waals surface area (Å²) in [5.74, 6) is 0.0362. The van der Waals surface area contributed by atoms with Gasteiger partial charge in [0, 0.05) is 31.6 Å². The molecule has 0 fully saturated rings. The Bertz CT molecular complexity index is 935. The molecule has 1 aromatic carbocycles. The molecule has 0 saturated heterocycles. The number of aryl methyl sites for hydroxylation is 4. The standard InChI is InChI=1S/C19H25N5O/c1-12-6-8-18-16(10-12)17(22-24(18)5)11-20-19(25)9-7-15-13(2)21-23(4)14(15)3/h6,8,10H,7,9,11H2,1-5H3,(H,20,25). The summed E-state index contributed by atoms with van der Waals surface area (Å²) in [5, 5.41) is 13.0. The molecule has 25 heavy (non-hydrogen) atoms. The first-order chi connectivity index (χ1) is 11.9. The first-order valence-electron chi connectivity index (χ1n) is 8.55. The Morgan fingerprint density at radius 2 is 1.88 bits per heavy atom. The van der Waals surface area contributed by atoms with E-state index >= 15 is 0 Å². The van der Waals surface area contributed by atoms with Crippen LogP contribution in [0.2, 0.25) is 0 Å². The maximum absolute atomic E-state index is 12.3. The molecule has 0 bridgehead atoms. The molecule has 0 saturated carbocycles. The number of carbonyl (C=O) groups excluding carboxylic acids is 1. The van der Waals surface area contributed by atoms with E-state index in [0.29, 0.717) is 19.4 Å². The highest BCUT2D eigenvalue weighted by atomic mass is 16.1. The Balaban J connectivity index is 1.64. The Hall–Kier alpha value is -2.63. The Morgan fingerprint density at radius 1 is 1.12 bits per heavy atom. The predicted molar refractivity (Wildman–Crippen MR) is 98.3 cm³/mol. The molecule has 1 amide bonds. The van der Waals surface area contributed by atoms with Gasteiger partial charge >= 0.3 is 0 Å². The van der Waals surface area contributed by atoms with E-state index in [4.69, 9.17) is 0 Å². The molecule has 0 aliphatic carbocycles. The molecule has 0 spiro atoms. The molecule has 3 aromatic rings. The van der Waals surface area contributed by atoms with E-state index in [1.165, 1.54) is 5.56 Å². The number of rotatable bonds is 5. The van der Waals surface area contributed by atoms with Gasteiger partial charge in [0.25, 0.3) is 0 Å². The van der Waals surface area contributed by atoms with Crippen molar-refractivity contribution in [2.24, 2.45) is 14.1 Å². The van der Waals surface area contributed by atoms with Crippen LogP contribution in [0.3, 0.4) is 0 Å². The molecular formula is C19H25N5O. The molecule has 0 radical (unpaired) electrons. The van der Waals surface area contributed by atoms with E-state index in [2.05, 4.69) is 40.6 Å². The number of aromatic nitrogens is 4. The van der Waals surface area contributed by atoms with E-state index < -0.39 is 0 Å². The zero-order valence-corrected chi connectivity index (χ0v) is 15.6. The van der Waals surface area contributed by atoms with Crippen molar-refractivity contribution in [3.05, 3.63) is 46.4 Å². The van der Waals surface area contributed by atoms with Crippen molar-refractivity contribution >= 4 is 16.8 Å². The second kappa shape index (κ2) is 6.70. The fraction of sp³-hybridized carbons (Fsp3) is 0.421. The number of hydrogen-bond acceptors (Lipinski definition) is 3. The topological polar surface area (TPSA) is 64.7 Å². The van der Waals surface area contributed by atoms with Crippen LogP contribution in [-0.4, -0.2) is 25.5 Å². The van der Waals surface area contributed by atoms with Gasteiger partial charge in [-0.25, -0.2) is 0 Å². The summed E-state index contributed by atoms with van der Waals surface area (Å²) in [5.41, 5.74) is 6.46. The highest BCUT2D eigenvalue weighted by Crippen LogP contribution is 2.19. The summed E-state index contributed by atoms with van der Waals surface area (Å²) < 4.78 is 3.73. The monoisotopic (exact) mass is 339 g/mol. The molecule has 2 heterocycles. The maximum atomic E-state index is 12.3. The van der Waals surface area contributed by atoms with Crippen molar-refractivity contribution in [3.8, 4) is 0 Å². The molecule has 6 nitrogen and oxygen atoms in total. The highest BCUT2D eigenvalue weighted by Gasteiger charge is 2.13. The van der Waals surface area contributed by atoms with Crippen molar-refractivity contribution in [2.75, 3.05) is 0 Å². The lowest BCUT2D eigenvalue weighted by molar-refractivity contribution is -0.121. The smallest absolute Gasteiger partial charge is 0.220 e. The summed E-state index contributed by atoms with van der Waals surface area (Å²) in [7, 11) is 3.86. The van der Waals surface area contributed by atoms with Crippen LogP contribution >= 0.6 is 0 Å². The van der Waals surface area contributed by atoms with Crippen molar-refractivity contribution in [3.63, 3.8) is 0 Å². The zero-order valence-electron chi connectivity index (χ0n) is 15.6. The van der Waals surface area contributed by atoms with Crippen molar-refractivity contribution in [1.82, 2.24) is 24.9 Å². The average Bonchev–Trinajstić information content (AvgIpc) is 3.00. The van der Waals surface area contributed by atoms with Crippen LogP contribution in [0.1, 0.15) is 34.6 Å². The minimum Gasteiger partial charge on any atom is -0.350 e. The molecular weight excluding hydrogens is 314 g/mol. The first-order valence-corrected chi connectivity index (χ1v) is 8.55. The fourth-order valence-corrected chi connectivity index (χ4v) is 3.27. The summed E-state index contributed by atoms with van der Waals surface area (Å²) in [4.78, 5) is 12.3. The van der Waals surface area contributed by atoms with Crippen LogP contribution in [0.15, 0.2) is 18.2 Å². The number of hydrogen-bond donors (Lipinski definition) is 1. The van der Waals surface area contributed by atoms with Gasteiger partial charge in [0.2, 0.25) is 5.91 Å². The lowest BCUT2D eigenvalue weighted by Gasteiger charge is -2.05. The SMILES string of the molecule is Cc1ccc2c(c1)c(CNC(=O)CCc1c(C)nn(C)c1C)nn2C. The highest BCUT2D eigenvalue weighted by molar-refractivity contribution is 5.83. The van der Waals surface area contributed by atoms with Gasteiger partial charge < -0.3 is 5.32 Å². The number of nitrogens with zero attached hydrogens (tertiary/aromatic N) is 4. The number of nitrogens with one attached hydrogen (secondary N) is 1. The van der Waals surface area contributed by atoms with Gasteiger partial charge in [-0.1, -0.05) is 11.6 Å². The van der Waals surface area contributed by atoms with Crippen LogP contribution in [0, 0.1) is 20.8 Å². The Morgan fingerprint density at radius 3 is 2.56 bits per heavy atom. The molecule has 2 aromatic heterocycles. The van der Waals surface area contributed by atoms with E-state index in [9.17, 15) is 4.79 Å². The Labute approximate surface area is 147 Å². The predicted octanol–water partition coefficient (Wildman–Crippen LogP) is 2.48. The number of carbonyl (C=O) groups is 1. The third-order valence-electron chi connectivity index (χ3n) is 4.80. The van der Waals surface area contributed by atoms with Crippen molar-refractivity contribution in [2.45, 2.75) is 40.2 Å². The third-order valence-corrected chi connectivity index (χ3v) is 4.80. The molecule has 0 unspecified atom stereocenters. The maximum Gasteiger partial charge on any atom is 0.220 e. The summed E-state index contributed by atoms with van der Waals surface area (Å²) in [6, 6.07) is 6.26. The molecule has 0 aliphatic rings. The molecule has 0 atom stereocenters. The third kappa shape index (κ3) is 3.43. The van der Waals surface area contributed by atoms with Crippen molar-refractivity contribution in [1.29, 1.82) is 0 Å². The fourth-order valence-electron chi connectivity index (χ4n) is 3.27. The van der Waals surface area contributed by atoms with Gasteiger partial charge in [-0.3, -0.25) is 14.2 Å². The summed E-state index contributed by atoms with van der Waals surface area (Å²) in [6.07, 6.45) is 1.16. The van der Waals surface area contributed by atoms with Gasteiger partial charge in [-0.2, -0.15) is 10.2 Å². The van der Waals surface area contributed by atoms with Crippen LogP contribution in [0.25, 0.3) is 10.9 Å². The van der Waals surface area contributed by atoms with Crippen molar-refractivity contribution < 1.29 is 4.79 Å². The van der Waals surface area contributed by atoms with Gasteiger partial charge in [-0.05, 0) is 44.9 Å². The average molecular weight is 339 g/mol. The molecule has 132 valence electrons. The van der Waals surface area contributed by atoms with E-state index in [-0.39, 0.29) is 5.91 Å². The second-order valence-corrected chi connectivity index (χ2v) is 6.64.